The van der Waals surface area contributed by atoms with Gasteiger partial charge in [-0.1, -0.05) is 0 Å². The van der Waals surface area contributed by atoms with Crippen LogP contribution in [0.4, 0.5) is 0 Å². The van der Waals surface area contributed by atoms with Crippen LogP contribution in [-0.4, -0.2) is 46.2 Å². The first-order valence-electron chi connectivity index (χ1n) is 3.40. The Labute approximate surface area is 59.5 Å². The van der Waals surface area contributed by atoms with Gasteiger partial charge in [0, 0.05) is 12.6 Å². The summed E-state index contributed by atoms with van der Waals surface area (Å²) in [4.78, 5) is 0. The Balaban J connectivity index is 2.52. The molecule has 1 aliphatic heterocycles. The van der Waals surface area contributed by atoms with Crippen LogP contribution in [0, 0.1) is 0 Å². The smallest absolute Gasteiger partial charge is 0.108 e. The lowest BCUT2D eigenvalue weighted by Crippen LogP contribution is -2.58. The molecule has 4 N–H and O–H groups in total. The average Bonchev–Trinajstić information content (AvgIpc) is 1.93. The minimum Gasteiger partial charge on any atom is -0.389 e. The van der Waals surface area contributed by atoms with E-state index in [1.54, 1.807) is 6.92 Å². The van der Waals surface area contributed by atoms with Crippen molar-refractivity contribution in [1.29, 1.82) is 0 Å². The van der Waals surface area contributed by atoms with Gasteiger partial charge in [-0.15, -0.1) is 0 Å². The minimum absolute atomic E-state index is 0.140. The molecular weight excluding hydrogens is 134 g/mol. The van der Waals surface area contributed by atoms with E-state index >= 15 is 0 Å². The molecule has 4 nitrogen and oxygen atoms in total. The molecule has 0 amide bonds. The van der Waals surface area contributed by atoms with E-state index in [1.165, 1.54) is 0 Å². The summed E-state index contributed by atoms with van der Waals surface area (Å²) in [6.45, 7) is 2.11. The van der Waals surface area contributed by atoms with Gasteiger partial charge in [0.05, 0.1) is 12.2 Å². The molecule has 0 unspecified atom stereocenters. The van der Waals surface area contributed by atoms with Crippen LogP contribution in [0.1, 0.15) is 6.92 Å². The number of piperidine rings is 1. The highest BCUT2D eigenvalue weighted by atomic mass is 16.4. The predicted molar refractivity (Wildman–Crippen MR) is 35.5 cm³/mol. The Bertz CT molecular complexity index is 106. The van der Waals surface area contributed by atoms with Crippen molar-refractivity contribution < 1.29 is 15.3 Å². The van der Waals surface area contributed by atoms with Crippen molar-refractivity contribution in [2.24, 2.45) is 0 Å². The van der Waals surface area contributed by atoms with Crippen molar-refractivity contribution >= 4 is 0 Å². The molecule has 0 bridgehead atoms. The van der Waals surface area contributed by atoms with Crippen LogP contribution >= 0.6 is 0 Å². The molecule has 1 aliphatic rings. The van der Waals surface area contributed by atoms with Gasteiger partial charge in [0.2, 0.25) is 0 Å². The Kier molecular flexibility index (Phi) is 2.25. The van der Waals surface area contributed by atoms with E-state index in [1.807, 2.05) is 0 Å². The third-order valence-electron chi connectivity index (χ3n) is 1.91. The first-order valence-corrected chi connectivity index (χ1v) is 3.40. The van der Waals surface area contributed by atoms with Gasteiger partial charge in [-0.25, -0.2) is 0 Å². The van der Waals surface area contributed by atoms with Gasteiger partial charge in [0.1, 0.15) is 6.10 Å². The summed E-state index contributed by atoms with van der Waals surface area (Å²) in [7, 11) is 0. The van der Waals surface area contributed by atoms with Gasteiger partial charge in [0.25, 0.3) is 0 Å². The van der Waals surface area contributed by atoms with Crippen molar-refractivity contribution in [3.63, 3.8) is 0 Å². The first-order chi connectivity index (χ1) is 4.63. The highest BCUT2D eigenvalue weighted by Gasteiger charge is 2.33. The summed E-state index contributed by atoms with van der Waals surface area (Å²) in [6, 6.07) is -0.140. The lowest BCUT2D eigenvalue weighted by molar-refractivity contribution is -0.0910. The van der Waals surface area contributed by atoms with E-state index in [0.717, 1.165) is 0 Å². The molecule has 4 atom stereocenters. The molecule has 1 heterocycles. The fourth-order valence-corrected chi connectivity index (χ4v) is 1.07. The molecule has 0 aromatic carbocycles. The summed E-state index contributed by atoms with van der Waals surface area (Å²) >= 11 is 0. The topological polar surface area (TPSA) is 72.7 Å². The molecule has 0 aliphatic carbocycles. The predicted octanol–water partition coefficient (Wildman–Crippen LogP) is -1.94. The van der Waals surface area contributed by atoms with Crippen molar-refractivity contribution in [3.8, 4) is 0 Å². The number of rotatable bonds is 0. The third kappa shape index (κ3) is 1.29. The summed E-state index contributed by atoms with van der Waals surface area (Å²) in [5.74, 6) is 0. The molecule has 60 valence electrons. The fourth-order valence-electron chi connectivity index (χ4n) is 1.07. The maximum Gasteiger partial charge on any atom is 0.108 e. The molecule has 0 aromatic rings. The summed E-state index contributed by atoms with van der Waals surface area (Å²) in [5.41, 5.74) is 0. The van der Waals surface area contributed by atoms with Crippen LogP contribution in [-0.2, 0) is 0 Å². The van der Waals surface area contributed by atoms with Crippen LogP contribution in [0.3, 0.4) is 0 Å². The SMILES string of the molecule is C[C@H]1NC[C@@H](O)[C@@H](O)[C@H]1O. The quantitative estimate of drug-likeness (QED) is 0.322. The molecule has 1 fully saturated rings. The molecule has 0 aromatic heterocycles. The molecule has 10 heavy (non-hydrogen) atoms. The highest BCUT2D eigenvalue weighted by molar-refractivity contribution is 4.89. The standard InChI is InChI=1S/C6H13NO3/c1-3-5(9)6(10)4(8)2-7-3/h3-10H,2H2,1H3/t3-,4-,5+,6-/m1/s1. The van der Waals surface area contributed by atoms with Crippen LogP contribution in [0.5, 0.6) is 0 Å². The van der Waals surface area contributed by atoms with Crippen LogP contribution in [0.2, 0.25) is 0 Å². The van der Waals surface area contributed by atoms with Gasteiger partial charge in [-0.05, 0) is 6.92 Å². The number of aliphatic hydroxyl groups is 3. The molecular formula is C6H13NO3. The number of aliphatic hydroxyl groups excluding tert-OH is 3. The Morgan fingerprint density at radius 3 is 2.30 bits per heavy atom. The molecule has 0 radical (unpaired) electrons. The number of β-amino-alcohol motifs (C(OH)–C–C–N with tert-alkyl or cyclic N) is 1. The number of hydrogen-bond acceptors (Lipinski definition) is 4. The first kappa shape index (κ1) is 7.94. The van der Waals surface area contributed by atoms with E-state index in [0.29, 0.717) is 6.54 Å². The second-order valence-electron chi connectivity index (χ2n) is 2.75. The second-order valence-corrected chi connectivity index (χ2v) is 2.75. The number of nitrogens with one attached hydrogen (secondary N) is 1. The molecule has 1 rings (SSSR count). The van der Waals surface area contributed by atoms with E-state index in [9.17, 15) is 0 Å². The lowest BCUT2D eigenvalue weighted by atomic mass is 9.98. The molecule has 1 saturated heterocycles. The Morgan fingerprint density at radius 1 is 1.20 bits per heavy atom. The normalized spacial score (nSPS) is 49.2. The van der Waals surface area contributed by atoms with Crippen molar-refractivity contribution in [1.82, 2.24) is 5.32 Å². The summed E-state index contributed by atoms with van der Waals surface area (Å²) in [5, 5.41) is 30.1. The van der Waals surface area contributed by atoms with E-state index < -0.39 is 18.3 Å². The van der Waals surface area contributed by atoms with E-state index in [2.05, 4.69) is 5.32 Å². The van der Waals surface area contributed by atoms with Gasteiger partial charge in [-0.2, -0.15) is 0 Å². The van der Waals surface area contributed by atoms with Gasteiger partial charge in [-0.3, -0.25) is 0 Å². The molecule has 0 spiro atoms. The highest BCUT2D eigenvalue weighted by Crippen LogP contribution is 2.09. The van der Waals surface area contributed by atoms with Gasteiger partial charge >= 0.3 is 0 Å². The second kappa shape index (κ2) is 2.84. The number of hydrogen-bond donors (Lipinski definition) is 4. The zero-order chi connectivity index (χ0) is 7.72. The van der Waals surface area contributed by atoms with Crippen molar-refractivity contribution in [3.05, 3.63) is 0 Å². The van der Waals surface area contributed by atoms with Crippen LogP contribution < -0.4 is 5.32 Å². The largest absolute Gasteiger partial charge is 0.389 e. The van der Waals surface area contributed by atoms with Crippen molar-refractivity contribution in [2.45, 2.75) is 31.3 Å². The summed E-state index contributed by atoms with van der Waals surface area (Å²) in [6.07, 6.45) is -2.70. The van der Waals surface area contributed by atoms with Crippen molar-refractivity contribution in [2.75, 3.05) is 6.54 Å². The monoisotopic (exact) mass is 147 g/mol. The zero-order valence-corrected chi connectivity index (χ0v) is 5.86. The van der Waals surface area contributed by atoms with Crippen LogP contribution in [0.15, 0.2) is 0 Å². The van der Waals surface area contributed by atoms with E-state index in [4.69, 9.17) is 15.3 Å². The maximum atomic E-state index is 9.14. The average molecular weight is 147 g/mol. The molecule has 4 heteroatoms. The molecule has 0 saturated carbocycles. The third-order valence-corrected chi connectivity index (χ3v) is 1.91. The van der Waals surface area contributed by atoms with Crippen LogP contribution in [0.25, 0.3) is 0 Å². The van der Waals surface area contributed by atoms with Gasteiger partial charge in [0.15, 0.2) is 0 Å². The Morgan fingerprint density at radius 2 is 1.80 bits per heavy atom. The lowest BCUT2D eigenvalue weighted by Gasteiger charge is -2.33. The van der Waals surface area contributed by atoms with Gasteiger partial charge < -0.3 is 20.6 Å². The minimum atomic E-state index is -1.00. The summed E-state index contributed by atoms with van der Waals surface area (Å²) < 4.78 is 0. The maximum absolute atomic E-state index is 9.14. The zero-order valence-electron chi connectivity index (χ0n) is 5.86. The Hall–Kier alpha value is -0.160. The fraction of sp³-hybridized carbons (Fsp3) is 1.00. The van der Waals surface area contributed by atoms with E-state index in [-0.39, 0.29) is 6.04 Å².